The molecule has 1 aromatic carbocycles. The van der Waals surface area contributed by atoms with Crippen molar-refractivity contribution < 1.29 is 14.3 Å². The average Bonchev–Trinajstić information content (AvgIpc) is 2.30. The van der Waals surface area contributed by atoms with Crippen molar-refractivity contribution in [3.05, 3.63) is 61.7 Å². The zero-order valence-electron chi connectivity index (χ0n) is 10.8. The van der Waals surface area contributed by atoms with Crippen LogP contribution in [0.5, 0.6) is 0 Å². The molecule has 0 atom stereocenters. The molecule has 1 N–H and O–H groups in total. The molecule has 0 bridgehead atoms. The van der Waals surface area contributed by atoms with Crippen LogP contribution in [-0.4, -0.2) is 15.6 Å². The van der Waals surface area contributed by atoms with Gasteiger partial charge in [-0.25, -0.2) is 9.18 Å². The quantitative estimate of drug-likeness (QED) is 0.914. The van der Waals surface area contributed by atoms with Gasteiger partial charge in [0.15, 0.2) is 0 Å². The van der Waals surface area contributed by atoms with Crippen LogP contribution in [0.15, 0.2) is 33.5 Å². The Labute approximate surface area is 122 Å². The van der Waals surface area contributed by atoms with E-state index in [1.807, 2.05) is 0 Å². The first-order valence-electron chi connectivity index (χ1n) is 5.75. The molecule has 2 aromatic rings. The lowest BCUT2D eigenvalue weighted by molar-refractivity contribution is 0.0694. The van der Waals surface area contributed by atoms with E-state index in [4.69, 9.17) is 0 Å². The monoisotopic (exact) mass is 339 g/mol. The van der Waals surface area contributed by atoms with Crippen LogP contribution < -0.4 is 5.56 Å². The van der Waals surface area contributed by atoms with Crippen molar-refractivity contribution in [3.8, 4) is 5.69 Å². The second-order valence-electron chi connectivity index (χ2n) is 4.36. The van der Waals surface area contributed by atoms with Crippen LogP contribution in [0.1, 0.15) is 21.6 Å². The van der Waals surface area contributed by atoms with Crippen LogP contribution in [0.2, 0.25) is 0 Å². The molecule has 1 heterocycles. The minimum atomic E-state index is -1.15. The lowest BCUT2D eigenvalue weighted by atomic mass is 10.1. The third-order valence-corrected chi connectivity index (χ3v) is 3.51. The summed E-state index contributed by atoms with van der Waals surface area (Å²) >= 11 is 3.13. The Morgan fingerprint density at radius 3 is 2.50 bits per heavy atom. The highest BCUT2D eigenvalue weighted by atomic mass is 79.9. The lowest BCUT2D eigenvalue weighted by Gasteiger charge is -2.14. The van der Waals surface area contributed by atoms with E-state index in [9.17, 15) is 19.1 Å². The van der Waals surface area contributed by atoms with Crippen molar-refractivity contribution >= 4 is 21.9 Å². The minimum Gasteiger partial charge on any atom is -0.478 e. The molecular formula is C14H11BrFNO3. The molecule has 0 unspecified atom stereocenters. The zero-order valence-corrected chi connectivity index (χ0v) is 12.4. The smallest absolute Gasteiger partial charge is 0.337 e. The average molecular weight is 340 g/mol. The summed E-state index contributed by atoms with van der Waals surface area (Å²) in [5.74, 6) is -1.75. The van der Waals surface area contributed by atoms with E-state index in [1.165, 1.54) is 25.1 Å². The summed E-state index contributed by atoms with van der Waals surface area (Å²) < 4.78 is 15.6. The first kappa shape index (κ1) is 14.5. The molecule has 104 valence electrons. The maximum Gasteiger partial charge on any atom is 0.337 e. The first-order valence-corrected chi connectivity index (χ1v) is 6.54. The molecule has 2 rings (SSSR count). The zero-order chi connectivity index (χ0) is 15.0. The molecule has 0 saturated heterocycles. The lowest BCUT2D eigenvalue weighted by Crippen LogP contribution is -2.24. The van der Waals surface area contributed by atoms with Crippen molar-refractivity contribution in [2.24, 2.45) is 0 Å². The number of nitrogens with zero attached hydrogens (tertiary/aromatic N) is 1. The molecule has 4 nitrogen and oxygen atoms in total. The van der Waals surface area contributed by atoms with Gasteiger partial charge < -0.3 is 5.11 Å². The first-order chi connectivity index (χ1) is 9.32. The molecule has 6 heteroatoms. The van der Waals surface area contributed by atoms with Gasteiger partial charge in [-0.1, -0.05) is 15.9 Å². The number of hydrogen-bond donors (Lipinski definition) is 1. The van der Waals surface area contributed by atoms with E-state index in [0.717, 1.165) is 4.57 Å². The highest BCUT2D eigenvalue weighted by molar-refractivity contribution is 9.10. The SMILES string of the molecule is Cc1cc(=O)n(-c2ccc(Br)cc2F)c(C)c1C(=O)O. The largest absolute Gasteiger partial charge is 0.478 e. The number of halogens is 2. The number of aryl methyl sites for hydroxylation is 1. The van der Waals surface area contributed by atoms with E-state index >= 15 is 0 Å². The molecule has 0 spiro atoms. The van der Waals surface area contributed by atoms with Crippen LogP contribution >= 0.6 is 15.9 Å². The number of pyridine rings is 1. The fraction of sp³-hybridized carbons (Fsp3) is 0.143. The predicted octanol–water partition coefficient (Wildman–Crippen LogP) is 3.05. The van der Waals surface area contributed by atoms with Crippen molar-refractivity contribution in [1.29, 1.82) is 0 Å². The Bertz CT molecular complexity index is 768. The number of rotatable bonds is 2. The summed E-state index contributed by atoms with van der Waals surface area (Å²) in [6.07, 6.45) is 0. The van der Waals surface area contributed by atoms with Gasteiger partial charge in [0, 0.05) is 16.2 Å². The summed E-state index contributed by atoms with van der Waals surface area (Å²) in [6.45, 7) is 3.03. The molecule has 1 aromatic heterocycles. The van der Waals surface area contributed by atoms with Crippen LogP contribution in [-0.2, 0) is 0 Å². The molecule has 0 saturated carbocycles. The summed E-state index contributed by atoms with van der Waals surface area (Å²) in [5.41, 5.74) is 0.119. The second kappa shape index (κ2) is 5.20. The third-order valence-electron chi connectivity index (χ3n) is 3.02. The van der Waals surface area contributed by atoms with Gasteiger partial charge in [-0.3, -0.25) is 9.36 Å². The van der Waals surface area contributed by atoms with E-state index in [0.29, 0.717) is 10.0 Å². The number of aromatic carboxylic acids is 1. The minimum absolute atomic E-state index is 0.00641. The number of aromatic nitrogens is 1. The van der Waals surface area contributed by atoms with E-state index < -0.39 is 17.3 Å². The van der Waals surface area contributed by atoms with Gasteiger partial charge in [-0.15, -0.1) is 0 Å². The Morgan fingerprint density at radius 1 is 1.30 bits per heavy atom. The van der Waals surface area contributed by atoms with Crippen LogP contribution in [0.3, 0.4) is 0 Å². The molecule has 0 fully saturated rings. The number of benzene rings is 1. The van der Waals surface area contributed by atoms with Gasteiger partial charge in [0.05, 0.1) is 11.3 Å². The highest BCUT2D eigenvalue weighted by Gasteiger charge is 2.18. The van der Waals surface area contributed by atoms with E-state index in [-0.39, 0.29) is 16.9 Å². The number of carboxylic acids is 1. The fourth-order valence-electron chi connectivity index (χ4n) is 2.17. The predicted molar refractivity (Wildman–Crippen MR) is 76.1 cm³/mol. The molecular weight excluding hydrogens is 329 g/mol. The summed E-state index contributed by atoms with van der Waals surface area (Å²) in [6, 6.07) is 5.43. The Balaban J connectivity index is 2.84. The number of carboxylic acid groups (broad SMARTS) is 1. The summed E-state index contributed by atoms with van der Waals surface area (Å²) in [4.78, 5) is 23.3. The summed E-state index contributed by atoms with van der Waals surface area (Å²) in [5, 5.41) is 9.21. The summed E-state index contributed by atoms with van der Waals surface area (Å²) in [7, 11) is 0. The van der Waals surface area contributed by atoms with Crippen molar-refractivity contribution in [2.45, 2.75) is 13.8 Å². The van der Waals surface area contributed by atoms with E-state index in [1.54, 1.807) is 13.0 Å². The normalized spacial score (nSPS) is 10.6. The topological polar surface area (TPSA) is 59.3 Å². The van der Waals surface area contributed by atoms with Crippen molar-refractivity contribution in [2.75, 3.05) is 0 Å². The maximum absolute atomic E-state index is 14.0. The van der Waals surface area contributed by atoms with Gasteiger partial charge in [-0.05, 0) is 37.6 Å². The molecule has 0 aliphatic heterocycles. The molecule has 20 heavy (non-hydrogen) atoms. The Morgan fingerprint density at radius 2 is 1.95 bits per heavy atom. The van der Waals surface area contributed by atoms with Gasteiger partial charge in [-0.2, -0.15) is 0 Å². The standard InChI is InChI=1S/C14H11BrFNO3/c1-7-5-12(18)17(8(2)13(7)14(19)20)11-4-3-9(15)6-10(11)16/h3-6H,1-2H3,(H,19,20). The second-order valence-corrected chi connectivity index (χ2v) is 5.28. The molecule has 0 radical (unpaired) electrons. The van der Waals surface area contributed by atoms with Crippen molar-refractivity contribution in [1.82, 2.24) is 4.57 Å². The van der Waals surface area contributed by atoms with Gasteiger partial charge in [0.2, 0.25) is 0 Å². The number of carbonyl (C=O) groups is 1. The fourth-order valence-corrected chi connectivity index (χ4v) is 2.50. The van der Waals surface area contributed by atoms with Crippen LogP contribution in [0.25, 0.3) is 5.69 Å². The van der Waals surface area contributed by atoms with Gasteiger partial charge >= 0.3 is 5.97 Å². The Hall–Kier alpha value is -1.95. The van der Waals surface area contributed by atoms with Crippen LogP contribution in [0, 0.1) is 19.7 Å². The molecule has 0 aliphatic rings. The highest BCUT2D eigenvalue weighted by Crippen LogP contribution is 2.21. The number of hydrogen-bond acceptors (Lipinski definition) is 2. The molecule has 0 amide bonds. The van der Waals surface area contributed by atoms with Crippen molar-refractivity contribution in [3.63, 3.8) is 0 Å². The Kier molecular flexibility index (Phi) is 3.76. The van der Waals surface area contributed by atoms with Gasteiger partial charge in [0.1, 0.15) is 5.82 Å². The maximum atomic E-state index is 14.0. The van der Waals surface area contributed by atoms with E-state index in [2.05, 4.69) is 15.9 Å². The molecule has 0 aliphatic carbocycles. The van der Waals surface area contributed by atoms with Crippen LogP contribution in [0.4, 0.5) is 4.39 Å². The third kappa shape index (κ3) is 2.38. The van der Waals surface area contributed by atoms with Gasteiger partial charge in [0.25, 0.3) is 5.56 Å².